The van der Waals surface area contributed by atoms with Crippen molar-refractivity contribution >= 4 is 11.9 Å². The standard InChI is InChI=1S/C13H17NO4.C6H7NO/c1-3-17-12(15)11(13(16)18-4-2)9-10-5-7-14-8-6-10;8-5-6-1-3-7-4-2-6/h5-8,11H,3-4,9H2,1-2H3;1-4,8H,5H2. The van der Waals surface area contributed by atoms with Crippen LogP contribution in [0.5, 0.6) is 0 Å². The molecule has 0 saturated heterocycles. The number of aliphatic hydroxyl groups is 1. The van der Waals surface area contributed by atoms with Crippen molar-refractivity contribution in [3.8, 4) is 0 Å². The molecule has 1 N–H and O–H groups in total. The summed E-state index contributed by atoms with van der Waals surface area (Å²) in [5, 5.41) is 8.51. The van der Waals surface area contributed by atoms with Gasteiger partial charge < -0.3 is 14.6 Å². The number of aliphatic hydroxyl groups excluding tert-OH is 1. The van der Waals surface area contributed by atoms with Crippen molar-refractivity contribution in [2.75, 3.05) is 13.2 Å². The molecule has 2 heterocycles. The largest absolute Gasteiger partial charge is 0.465 e. The van der Waals surface area contributed by atoms with E-state index in [0.717, 1.165) is 11.1 Å². The van der Waals surface area contributed by atoms with Crippen molar-refractivity contribution < 1.29 is 24.2 Å². The summed E-state index contributed by atoms with van der Waals surface area (Å²) in [5.74, 6) is -2.01. The van der Waals surface area contributed by atoms with Crippen LogP contribution in [0.25, 0.3) is 0 Å². The van der Waals surface area contributed by atoms with Gasteiger partial charge in [-0.1, -0.05) is 0 Å². The third kappa shape index (κ3) is 7.85. The molecular formula is C19H24N2O5. The van der Waals surface area contributed by atoms with Gasteiger partial charge in [-0.2, -0.15) is 0 Å². The van der Waals surface area contributed by atoms with Crippen molar-refractivity contribution in [2.45, 2.75) is 26.9 Å². The molecule has 140 valence electrons. The average Bonchev–Trinajstić information content (AvgIpc) is 2.68. The Morgan fingerprint density at radius 3 is 1.65 bits per heavy atom. The Kier molecular flexibility index (Phi) is 10.3. The number of pyridine rings is 2. The lowest BCUT2D eigenvalue weighted by Crippen LogP contribution is -2.30. The van der Waals surface area contributed by atoms with E-state index in [2.05, 4.69) is 9.97 Å². The lowest BCUT2D eigenvalue weighted by molar-refractivity contribution is -0.161. The molecule has 0 saturated carbocycles. The number of nitrogens with zero attached hydrogens (tertiary/aromatic N) is 2. The summed E-state index contributed by atoms with van der Waals surface area (Å²) in [6, 6.07) is 7.07. The quantitative estimate of drug-likeness (QED) is 0.595. The molecule has 0 aliphatic carbocycles. The van der Waals surface area contributed by atoms with E-state index in [-0.39, 0.29) is 26.2 Å². The maximum absolute atomic E-state index is 11.7. The van der Waals surface area contributed by atoms with E-state index in [1.165, 1.54) is 0 Å². The molecule has 7 nitrogen and oxygen atoms in total. The summed E-state index contributed by atoms with van der Waals surface area (Å²) in [5.41, 5.74) is 1.75. The number of esters is 2. The van der Waals surface area contributed by atoms with Crippen molar-refractivity contribution in [1.82, 2.24) is 9.97 Å². The maximum atomic E-state index is 11.7. The van der Waals surface area contributed by atoms with Gasteiger partial charge in [0.15, 0.2) is 5.92 Å². The highest BCUT2D eigenvalue weighted by Gasteiger charge is 2.29. The van der Waals surface area contributed by atoms with Crippen LogP contribution >= 0.6 is 0 Å². The second-order valence-electron chi connectivity index (χ2n) is 5.13. The van der Waals surface area contributed by atoms with E-state index in [9.17, 15) is 9.59 Å². The zero-order valence-electron chi connectivity index (χ0n) is 15.0. The smallest absolute Gasteiger partial charge is 0.320 e. The fourth-order valence-corrected chi connectivity index (χ4v) is 1.99. The third-order valence-electron chi connectivity index (χ3n) is 3.26. The van der Waals surface area contributed by atoms with Gasteiger partial charge in [-0.3, -0.25) is 19.6 Å². The highest BCUT2D eigenvalue weighted by atomic mass is 16.6. The molecule has 0 radical (unpaired) electrons. The molecule has 0 unspecified atom stereocenters. The topological polar surface area (TPSA) is 98.6 Å². The van der Waals surface area contributed by atoms with Crippen LogP contribution in [-0.2, 0) is 32.1 Å². The second kappa shape index (κ2) is 12.5. The highest BCUT2D eigenvalue weighted by Crippen LogP contribution is 2.12. The SMILES string of the molecule is CCOC(=O)C(Cc1ccncc1)C(=O)OCC.OCc1ccncc1. The minimum absolute atomic E-state index is 0.0997. The first kappa shape index (κ1) is 21.2. The predicted octanol–water partition coefficient (Wildman–Crippen LogP) is 1.94. The Morgan fingerprint density at radius 1 is 0.885 bits per heavy atom. The normalized spacial score (nSPS) is 9.85. The van der Waals surface area contributed by atoms with Gasteiger partial charge in [0.25, 0.3) is 0 Å². The number of aromatic nitrogens is 2. The monoisotopic (exact) mass is 360 g/mol. The molecule has 0 bridgehead atoms. The number of rotatable bonds is 7. The molecule has 0 aliphatic heterocycles. The molecule has 0 amide bonds. The fraction of sp³-hybridized carbons (Fsp3) is 0.368. The first-order valence-corrected chi connectivity index (χ1v) is 8.34. The Balaban J connectivity index is 0.000000350. The molecule has 0 fully saturated rings. The predicted molar refractivity (Wildman–Crippen MR) is 94.9 cm³/mol. The lowest BCUT2D eigenvalue weighted by Gasteiger charge is -2.14. The Hall–Kier alpha value is -2.80. The number of hydrogen-bond donors (Lipinski definition) is 1. The van der Waals surface area contributed by atoms with Crippen LogP contribution < -0.4 is 0 Å². The van der Waals surface area contributed by atoms with Gasteiger partial charge in [-0.25, -0.2) is 0 Å². The number of ether oxygens (including phenoxy) is 2. The van der Waals surface area contributed by atoms with Crippen LogP contribution in [0.4, 0.5) is 0 Å². The van der Waals surface area contributed by atoms with E-state index in [0.29, 0.717) is 0 Å². The van der Waals surface area contributed by atoms with Crippen molar-refractivity contribution in [1.29, 1.82) is 0 Å². The summed E-state index contributed by atoms with van der Waals surface area (Å²) in [4.78, 5) is 31.1. The Morgan fingerprint density at radius 2 is 1.31 bits per heavy atom. The first-order chi connectivity index (χ1) is 12.6. The van der Waals surface area contributed by atoms with Gasteiger partial charge in [-0.15, -0.1) is 0 Å². The summed E-state index contributed by atoms with van der Waals surface area (Å²) in [6.45, 7) is 3.98. The summed E-state index contributed by atoms with van der Waals surface area (Å²) in [6.07, 6.45) is 6.81. The highest BCUT2D eigenvalue weighted by molar-refractivity contribution is 5.95. The lowest BCUT2D eigenvalue weighted by atomic mass is 10.0. The van der Waals surface area contributed by atoms with Crippen molar-refractivity contribution in [3.63, 3.8) is 0 Å². The van der Waals surface area contributed by atoms with Crippen LogP contribution in [0.15, 0.2) is 49.1 Å². The average molecular weight is 360 g/mol. The van der Waals surface area contributed by atoms with Crippen LogP contribution in [0.1, 0.15) is 25.0 Å². The molecule has 2 aromatic rings. The van der Waals surface area contributed by atoms with Crippen LogP contribution in [-0.4, -0.2) is 40.2 Å². The van der Waals surface area contributed by atoms with E-state index < -0.39 is 17.9 Å². The van der Waals surface area contributed by atoms with Crippen molar-refractivity contribution in [3.05, 3.63) is 60.2 Å². The molecule has 0 aromatic carbocycles. The number of carbonyl (C=O) groups excluding carboxylic acids is 2. The summed E-state index contributed by atoms with van der Waals surface area (Å²) >= 11 is 0. The minimum atomic E-state index is -0.910. The minimum Gasteiger partial charge on any atom is -0.465 e. The molecule has 0 spiro atoms. The molecule has 0 aliphatic rings. The first-order valence-electron chi connectivity index (χ1n) is 8.34. The van der Waals surface area contributed by atoms with Gasteiger partial charge in [0.05, 0.1) is 19.8 Å². The van der Waals surface area contributed by atoms with E-state index >= 15 is 0 Å². The van der Waals surface area contributed by atoms with E-state index in [1.807, 2.05) is 0 Å². The van der Waals surface area contributed by atoms with Gasteiger partial charge >= 0.3 is 11.9 Å². The number of hydrogen-bond acceptors (Lipinski definition) is 7. The molecular weight excluding hydrogens is 336 g/mol. The van der Waals surface area contributed by atoms with Crippen molar-refractivity contribution in [2.24, 2.45) is 5.92 Å². The molecule has 2 aromatic heterocycles. The number of carbonyl (C=O) groups is 2. The fourth-order valence-electron chi connectivity index (χ4n) is 1.99. The Labute approximate surface area is 153 Å². The molecule has 0 atom stereocenters. The molecule has 2 rings (SSSR count). The Bertz CT molecular complexity index is 631. The van der Waals surface area contributed by atoms with Gasteiger partial charge in [0.2, 0.25) is 0 Å². The van der Waals surface area contributed by atoms with Gasteiger partial charge in [0, 0.05) is 24.8 Å². The van der Waals surface area contributed by atoms with Gasteiger partial charge in [-0.05, 0) is 55.7 Å². The van der Waals surface area contributed by atoms with Crippen LogP contribution in [0.2, 0.25) is 0 Å². The van der Waals surface area contributed by atoms with E-state index in [1.54, 1.807) is 62.9 Å². The zero-order chi connectivity index (χ0) is 19.2. The second-order valence-corrected chi connectivity index (χ2v) is 5.13. The third-order valence-corrected chi connectivity index (χ3v) is 3.26. The molecule has 7 heteroatoms. The summed E-state index contributed by atoms with van der Waals surface area (Å²) in [7, 11) is 0. The molecule has 26 heavy (non-hydrogen) atoms. The summed E-state index contributed by atoms with van der Waals surface area (Å²) < 4.78 is 9.78. The maximum Gasteiger partial charge on any atom is 0.320 e. The van der Waals surface area contributed by atoms with E-state index in [4.69, 9.17) is 14.6 Å². The van der Waals surface area contributed by atoms with Crippen LogP contribution in [0, 0.1) is 5.92 Å². The van der Waals surface area contributed by atoms with Crippen LogP contribution in [0.3, 0.4) is 0 Å². The van der Waals surface area contributed by atoms with Gasteiger partial charge in [0.1, 0.15) is 0 Å². The zero-order valence-corrected chi connectivity index (χ0v) is 15.0.